The number of hydrogen-bond donors (Lipinski definition) is 1. The molecule has 0 aliphatic heterocycles. The molecule has 2 aromatic rings. The topological polar surface area (TPSA) is 58.9 Å². The van der Waals surface area contributed by atoms with Gasteiger partial charge in [-0.15, -0.1) is 11.3 Å². The van der Waals surface area contributed by atoms with Crippen molar-refractivity contribution in [2.45, 2.75) is 27.7 Å². The van der Waals surface area contributed by atoms with Crippen molar-refractivity contribution in [1.82, 2.24) is 0 Å². The number of esters is 1. The van der Waals surface area contributed by atoms with Crippen molar-refractivity contribution in [3.05, 3.63) is 45.3 Å². The van der Waals surface area contributed by atoms with Gasteiger partial charge in [-0.05, 0) is 45.4 Å². The zero-order valence-electron chi connectivity index (χ0n) is 13.1. The van der Waals surface area contributed by atoms with Crippen LogP contribution in [-0.2, 0) is 4.74 Å². The van der Waals surface area contributed by atoms with Crippen LogP contribution in [0.2, 0.25) is 0 Å². The van der Waals surface area contributed by atoms with Crippen LogP contribution in [0.4, 0.5) is 5.00 Å². The average molecular weight is 317 g/mol. The number of hydrogen-bond acceptors (Lipinski definition) is 5. The van der Waals surface area contributed by atoms with E-state index in [9.17, 15) is 9.90 Å². The molecule has 1 heterocycles. The summed E-state index contributed by atoms with van der Waals surface area (Å²) < 4.78 is 5.10. The highest BCUT2D eigenvalue weighted by Crippen LogP contribution is 2.35. The lowest BCUT2D eigenvalue weighted by Gasteiger charge is -2.03. The van der Waals surface area contributed by atoms with Gasteiger partial charge in [0.15, 0.2) is 0 Å². The molecule has 0 saturated heterocycles. The van der Waals surface area contributed by atoms with Crippen LogP contribution in [0.1, 0.15) is 38.8 Å². The summed E-state index contributed by atoms with van der Waals surface area (Å²) in [5.74, 6) is -0.193. The van der Waals surface area contributed by atoms with Crippen LogP contribution in [0, 0.1) is 20.8 Å². The molecule has 0 saturated carbocycles. The molecule has 0 atom stereocenters. The highest BCUT2D eigenvalue weighted by Gasteiger charge is 2.20. The lowest BCUT2D eigenvalue weighted by Crippen LogP contribution is -2.05. The Labute approximate surface area is 134 Å². The summed E-state index contributed by atoms with van der Waals surface area (Å²) in [6.45, 7) is 7.89. The van der Waals surface area contributed by atoms with Gasteiger partial charge in [0, 0.05) is 16.7 Å². The third kappa shape index (κ3) is 3.36. The largest absolute Gasteiger partial charge is 0.507 e. The Morgan fingerprint density at radius 1 is 1.36 bits per heavy atom. The Kier molecular flexibility index (Phi) is 4.98. The van der Waals surface area contributed by atoms with Gasteiger partial charge in [0.1, 0.15) is 10.8 Å². The van der Waals surface area contributed by atoms with E-state index in [2.05, 4.69) is 4.99 Å². The van der Waals surface area contributed by atoms with Crippen molar-refractivity contribution in [2.24, 2.45) is 4.99 Å². The van der Waals surface area contributed by atoms with Gasteiger partial charge >= 0.3 is 5.97 Å². The van der Waals surface area contributed by atoms with E-state index in [-0.39, 0.29) is 11.7 Å². The van der Waals surface area contributed by atoms with Crippen molar-refractivity contribution in [2.75, 3.05) is 6.61 Å². The SMILES string of the molecule is CCOC(=O)c1c(N=Cc2cc(C)ccc2O)sc(C)c1C. The Morgan fingerprint density at radius 2 is 2.09 bits per heavy atom. The molecule has 1 N–H and O–H groups in total. The summed E-state index contributed by atoms with van der Waals surface area (Å²) in [5.41, 5.74) is 3.05. The van der Waals surface area contributed by atoms with E-state index in [0.717, 1.165) is 16.0 Å². The van der Waals surface area contributed by atoms with Crippen molar-refractivity contribution in [3.63, 3.8) is 0 Å². The smallest absolute Gasteiger partial charge is 0.341 e. The molecule has 0 fully saturated rings. The van der Waals surface area contributed by atoms with Gasteiger partial charge < -0.3 is 9.84 Å². The third-order valence-electron chi connectivity index (χ3n) is 3.35. The Bertz CT molecular complexity index is 732. The highest BCUT2D eigenvalue weighted by molar-refractivity contribution is 7.16. The average Bonchev–Trinajstić information content (AvgIpc) is 2.75. The number of nitrogens with zero attached hydrogens (tertiary/aromatic N) is 1. The fourth-order valence-corrected chi connectivity index (χ4v) is 3.04. The molecule has 116 valence electrons. The predicted octanol–water partition coefficient (Wildman–Crippen LogP) is 4.31. The summed E-state index contributed by atoms with van der Waals surface area (Å²) in [7, 11) is 0. The van der Waals surface area contributed by atoms with Gasteiger partial charge in [-0.25, -0.2) is 9.79 Å². The van der Waals surface area contributed by atoms with E-state index in [0.29, 0.717) is 22.7 Å². The van der Waals surface area contributed by atoms with Gasteiger partial charge in [0.25, 0.3) is 0 Å². The zero-order valence-corrected chi connectivity index (χ0v) is 14.0. The number of thiophene rings is 1. The number of ether oxygens (including phenoxy) is 1. The Balaban J connectivity index is 2.41. The van der Waals surface area contributed by atoms with Crippen LogP contribution in [-0.4, -0.2) is 23.9 Å². The van der Waals surface area contributed by atoms with Crippen molar-refractivity contribution >= 4 is 28.5 Å². The number of aromatic hydroxyl groups is 1. The maximum Gasteiger partial charge on any atom is 0.341 e. The fourth-order valence-electron chi connectivity index (χ4n) is 2.05. The second kappa shape index (κ2) is 6.75. The van der Waals surface area contributed by atoms with Crippen LogP contribution in [0.3, 0.4) is 0 Å². The molecule has 0 unspecified atom stereocenters. The van der Waals surface area contributed by atoms with E-state index in [4.69, 9.17) is 4.74 Å². The first-order valence-corrected chi connectivity index (χ1v) is 7.86. The van der Waals surface area contributed by atoms with Crippen LogP contribution in [0.5, 0.6) is 5.75 Å². The second-order valence-electron chi connectivity index (χ2n) is 5.00. The zero-order chi connectivity index (χ0) is 16.3. The van der Waals surface area contributed by atoms with Crippen LogP contribution < -0.4 is 0 Å². The van der Waals surface area contributed by atoms with E-state index in [1.807, 2.05) is 32.9 Å². The van der Waals surface area contributed by atoms with Gasteiger partial charge in [-0.2, -0.15) is 0 Å². The monoisotopic (exact) mass is 317 g/mol. The van der Waals surface area contributed by atoms with Crippen LogP contribution >= 0.6 is 11.3 Å². The quantitative estimate of drug-likeness (QED) is 0.675. The third-order valence-corrected chi connectivity index (χ3v) is 4.47. The summed E-state index contributed by atoms with van der Waals surface area (Å²) in [5, 5.41) is 10.5. The summed E-state index contributed by atoms with van der Waals surface area (Å²) >= 11 is 1.44. The number of phenols is 1. The first-order chi connectivity index (χ1) is 10.4. The van der Waals surface area contributed by atoms with Gasteiger partial charge in [-0.3, -0.25) is 0 Å². The number of carbonyl (C=O) groups is 1. The molecular weight excluding hydrogens is 298 g/mol. The molecule has 2 rings (SSSR count). The molecule has 1 aromatic heterocycles. The first-order valence-electron chi connectivity index (χ1n) is 7.04. The molecule has 0 radical (unpaired) electrons. The van der Waals surface area contributed by atoms with Crippen molar-refractivity contribution in [3.8, 4) is 5.75 Å². The lowest BCUT2D eigenvalue weighted by molar-refractivity contribution is 0.0527. The highest BCUT2D eigenvalue weighted by atomic mass is 32.1. The molecule has 1 aromatic carbocycles. The van der Waals surface area contributed by atoms with E-state index in [1.54, 1.807) is 19.2 Å². The van der Waals surface area contributed by atoms with E-state index < -0.39 is 0 Å². The first kappa shape index (κ1) is 16.2. The van der Waals surface area contributed by atoms with Crippen molar-refractivity contribution in [1.29, 1.82) is 0 Å². The summed E-state index contributed by atoms with van der Waals surface area (Å²) in [6, 6.07) is 5.31. The number of phenolic OH excluding ortho intramolecular Hbond substituents is 1. The minimum absolute atomic E-state index is 0.164. The molecule has 0 bridgehead atoms. The van der Waals surface area contributed by atoms with Crippen molar-refractivity contribution < 1.29 is 14.6 Å². The minimum Gasteiger partial charge on any atom is -0.507 e. The Hall–Kier alpha value is -2.14. The standard InChI is InChI=1S/C17H19NO3S/c1-5-21-17(20)15-11(3)12(4)22-16(15)18-9-13-8-10(2)6-7-14(13)19/h6-9,19H,5H2,1-4H3. The Morgan fingerprint density at radius 3 is 2.77 bits per heavy atom. The van der Waals surface area contributed by atoms with Crippen LogP contribution in [0.25, 0.3) is 0 Å². The maximum atomic E-state index is 12.1. The number of aliphatic imine (C=N–C) groups is 1. The number of benzene rings is 1. The lowest BCUT2D eigenvalue weighted by atomic mass is 10.1. The van der Waals surface area contributed by atoms with Crippen LogP contribution in [0.15, 0.2) is 23.2 Å². The van der Waals surface area contributed by atoms with E-state index in [1.165, 1.54) is 11.3 Å². The molecule has 4 nitrogen and oxygen atoms in total. The predicted molar refractivity (Wildman–Crippen MR) is 89.8 cm³/mol. The molecule has 0 aliphatic rings. The second-order valence-corrected chi connectivity index (χ2v) is 6.21. The molecule has 0 amide bonds. The summed E-state index contributed by atoms with van der Waals surface area (Å²) in [6.07, 6.45) is 1.58. The van der Waals surface area contributed by atoms with Gasteiger partial charge in [0.05, 0.1) is 12.2 Å². The molecule has 0 spiro atoms. The summed E-state index contributed by atoms with van der Waals surface area (Å²) in [4.78, 5) is 17.5. The maximum absolute atomic E-state index is 12.1. The van der Waals surface area contributed by atoms with Gasteiger partial charge in [-0.1, -0.05) is 11.6 Å². The molecular formula is C17H19NO3S. The molecule has 5 heteroatoms. The normalized spacial score (nSPS) is 11.1. The number of rotatable bonds is 4. The minimum atomic E-state index is -0.357. The fraction of sp³-hybridized carbons (Fsp3) is 0.294. The number of aryl methyl sites for hydroxylation is 2. The molecule has 0 aliphatic carbocycles. The van der Waals surface area contributed by atoms with E-state index >= 15 is 0 Å². The molecule has 22 heavy (non-hydrogen) atoms. The van der Waals surface area contributed by atoms with Gasteiger partial charge in [0.2, 0.25) is 0 Å². The number of carbonyl (C=O) groups excluding carboxylic acids is 1.